The molecule has 0 spiro atoms. The summed E-state index contributed by atoms with van der Waals surface area (Å²) in [5, 5.41) is 3.05. The van der Waals surface area contributed by atoms with Crippen LogP contribution in [0.1, 0.15) is 52.9 Å². The number of ether oxygens (including phenoxy) is 2. The van der Waals surface area contributed by atoms with Crippen molar-refractivity contribution in [1.29, 1.82) is 0 Å². The predicted octanol–water partition coefficient (Wildman–Crippen LogP) is 2.51. The monoisotopic (exact) mass is 271 g/mol. The molecule has 0 aromatic rings. The Labute approximate surface area is 117 Å². The van der Waals surface area contributed by atoms with E-state index >= 15 is 0 Å². The van der Waals surface area contributed by atoms with Gasteiger partial charge in [0.15, 0.2) is 0 Å². The van der Waals surface area contributed by atoms with Gasteiger partial charge < -0.3 is 14.8 Å². The molecule has 1 fully saturated rings. The van der Waals surface area contributed by atoms with Crippen LogP contribution in [0.4, 0.5) is 0 Å². The van der Waals surface area contributed by atoms with Gasteiger partial charge in [-0.2, -0.15) is 0 Å². The van der Waals surface area contributed by atoms with Gasteiger partial charge in [-0.1, -0.05) is 6.92 Å². The number of hydrogen-bond donors (Lipinski definition) is 1. The molecule has 1 atom stereocenters. The molecular weight excluding hydrogens is 242 g/mol. The van der Waals surface area contributed by atoms with Crippen molar-refractivity contribution in [3.05, 3.63) is 0 Å². The number of esters is 1. The molecule has 1 unspecified atom stereocenters. The van der Waals surface area contributed by atoms with Crippen molar-refractivity contribution in [2.24, 2.45) is 5.92 Å². The smallest absolute Gasteiger partial charge is 0.326 e. The van der Waals surface area contributed by atoms with E-state index in [9.17, 15) is 4.79 Å². The Morgan fingerprint density at radius 1 is 1.32 bits per heavy atom. The van der Waals surface area contributed by atoms with Gasteiger partial charge in [-0.3, -0.25) is 4.79 Å². The summed E-state index contributed by atoms with van der Waals surface area (Å²) in [6.07, 6.45) is 5.83. The molecule has 0 heterocycles. The van der Waals surface area contributed by atoms with Crippen LogP contribution in [0.25, 0.3) is 0 Å². The Morgan fingerprint density at radius 2 is 1.95 bits per heavy atom. The molecule has 0 radical (unpaired) electrons. The molecule has 1 saturated carbocycles. The van der Waals surface area contributed by atoms with Crippen LogP contribution in [0, 0.1) is 5.92 Å². The number of likely N-dealkylation sites (N-methyl/N-ethyl adjacent to an activating group) is 1. The van der Waals surface area contributed by atoms with Crippen molar-refractivity contribution < 1.29 is 14.3 Å². The lowest BCUT2D eigenvalue weighted by Gasteiger charge is -2.29. The molecule has 0 bridgehead atoms. The number of nitrogens with one attached hydrogen (secondary N) is 1. The van der Waals surface area contributed by atoms with Gasteiger partial charge in [-0.25, -0.2) is 0 Å². The summed E-state index contributed by atoms with van der Waals surface area (Å²) in [5.41, 5.74) is -0.641. The predicted molar refractivity (Wildman–Crippen MR) is 76.1 cm³/mol. The summed E-state index contributed by atoms with van der Waals surface area (Å²) in [5.74, 6) is 0.639. The van der Waals surface area contributed by atoms with E-state index in [1.54, 1.807) is 7.05 Å². The standard InChI is InChI=1S/C15H29NO3/c1-5-18-14(17)15(3,16-4)10-11-19-13-8-6-12(2)7-9-13/h12-13,16H,5-11H2,1-4H3. The van der Waals surface area contributed by atoms with Gasteiger partial charge in [0.05, 0.1) is 12.7 Å². The van der Waals surface area contributed by atoms with Crippen LogP contribution in [-0.2, 0) is 14.3 Å². The number of carbonyl (C=O) groups is 1. The average Bonchev–Trinajstić information content (AvgIpc) is 2.41. The Bertz CT molecular complexity index is 275. The fourth-order valence-corrected chi connectivity index (χ4v) is 2.45. The topological polar surface area (TPSA) is 47.6 Å². The van der Waals surface area contributed by atoms with E-state index in [1.807, 2.05) is 13.8 Å². The molecule has 1 rings (SSSR count). The van der Waals surface area contributed by atoms with E-state index < -0.39 is 5.54 Å². The Morgan fingerprint density at radius 3 is 2.47 bits per heavy atom. The van der Waals surface area contributed by atoms with E-state index in [0.29, 0.717) is 25.7 Å². The molecule has 19 heavy (non-hydrogen) atoms. The lowest BCUT2D eigenvalue weighted by Crippen LogP contribution is -2.49. The third-order valence-corrected chi connectivity index (χ3v) is 4.20. The maximum atomic E-state index is 11.9. The normalized spacial score (nSPS) is 26.7. The molecule has 1 aliphatic carbocycles. The zero-order valence-electron chi connectivity index (χ0n) is 12.8. The SMILES string of the molecule is CCOC(=O)C(C)(CCOC1CCC(C)CC1)NC. The zero-order chi connectivity index (χ0) is 14.3. The number of rotatable bonds is 7. The maximum Gasteiger partial charge on any atom is 0.326 e. The Balaban J connectivity index is 2.31. The van der Waals surface area contributed by atoms with Crippen molar-refractivity contribution in [3.63, 3.8) is 0 Å². The largest absolute Gasteiger partial charge is 0.465 e. The first kappa shape index (κ1) is 16.4. The second kappa shape index (κ2) is 7.85. The third kappa shape index (κ3) is 5.11. The zero-order valence-corrected chi connectivity index (χ0v) is 12.8. The molecule has 0 saturated heterocycles. The molecule has 0 aromatic carbocycles. The molecule has 1 aliphatic rings. The average molecular weight is 271 g/mol. The number of hydrogen-bond acceptors (Lipinski definition) is 4. The summed E-state index contributed by atoms with van der Waals surface area (Å²) in [6, 6.07) is 0. The van der Waals surface area contributed by atoms with E-state index in [2.05, 4.69) is 12.2 Å². The lowest BCUT2D eigenvalue weighted by molar-refractivity contribution is -0.151. The molecule has 112 valence electrons. The number of carbonyl (C=O) groups excluding carboxylic acids is 1. The molecule has 0 aliphatic heterocycles. The van der Waals surface area contributed by atoms with Gasteiger partial charge in [0.2, 0.25) is 0 Å². The quantitative estimate of drug-likeness (QED) is 0.723. The highest BCUT2D eigenvalue weighted by Crippen LogP contribution is 2.26. The minimum atomic E-state index is -0.641. The fraction of sp³-hybridized carbons (Fsp3) is 0.933. The minimum Gasteiger partial charge on any atom is -0.465 e. The molecule has 0 amide bonds. The van der Waals surface area contributed by atoms with Gasteiger partial charge in [-0.05, 0) is 58.9 Å². The van der Waals surface area contributed by atoms with Crippen LogP contribution in [0.5, 0.6) is 0 Å². The lowest BCUT2D eigenvalue weighted by atomic mass is 9.89. The van der Waals surface area contributed by atoms with E-state index in [1.165, 1.54) is 12.8 Å². The van der Waals surface area contributed by atoms with E-state index in [-0.39, 0.29) is 5.97 Å². The van der Waals surface area contributed by atoms with Crippen LogP contribution in [0.3, 0.4) is 0 Å². The Hall–Kier alpha value is -0.610. The van der Waals surface area contributed by atoms with Crippen LogP contribution < -0.4 is 5.32 Å². The van der Waals surface area contributed by atoms with Gasteiger partial charge in [0.25, 0.3) is 0 Å². The fourth-order valence-electron chi connectivity index (χ4n) is 2.45. The summed E-state index contributed by atoms with van der Waals surface area (Å²) in [7, 11) is 1.79. The third-order valence-electron chi connectivity index (χ3n) is 4.20. The van der Waals surface area contributed by atoms with Crippen LogP contribution >= 0.6 is 0 Å². The van der Waals surface area contributed by atoms with Crippen molar-refractivity contribution in [2.45, 2.75) is 64.5 Å². The summed E-state index contributed by atoms with van der Waals surface area (Å²) in [6.45, 7) is 7.02. The van der Waals surface area contributed by atoms with Gasteiger partial charge in [0.1, 0.15) is 5.54 Å². The summed E-state index contributed by atoms with van der Waals surface area (Å²) < 4.78 is 11.0. The minimum absolute atomic E-state index is 0.196. The van der Waals surface area contributed by atoms with Gasteiger partial charge in [0, 0.05) is 6.61 Å². The van der Waals surface area contributed by atoms with Gasteiger partial charge >= 0.3 is 5.97 Å². The van der Waals surface area contributed by atoms with Crippen LogP contribution in [0.15, 0.2) is 0 Å². The Kier molecular flexibility index (Phi) is 6.80. The van der Waals surface area contributed by atoms with Crippen LogP contribution in [0.2, 0.25) is 0 Å². The molecule has 0 aromatic heterocycles. The first-order chi connectivity index (χ1) is 9.01. The second-order valence-electron chi connectivity index (χ2n) is 5.81. The van der Waals surface area contributed by atoms with Gasteiger partial charge in [-0.15, -0.1) is 0 Å². The second-order valence-corrected chi connectivity index (χ2v) is 5.81. The van der Waals surface area contributed by atoms with E-state index in [0.717, 1.165) is 18.8 Å². The highest BCUT2D eigenvalue weighted by molar-refractivity contribution is 5.80. The highest BCUT2D eigenvalue weighted by atomic mass is 16.5. The first-order valence-corrected chi connectivity index (χ1v) is 7.49. The van der Waals surface area contributed by atoms with Crippen molar-refractivity contribution in [2.75, 3.05) is 20.3 Å². The molecule has 1 N–H and O–H groups in total. The first-order valence-electron chi connectivity index (χ1n) is 7.49. The summed E-state index contributed by atoms with van der Waals surface area (Å²) in [4.78, 5) is 11.9. The highest BCUT2D eigenvalue weighted by Gasteiger charge is 2.33. The maximum absolute atomic E-state index is 11.9. The molecular formula is C15H29NO3. The molecule has 4 nitrogen and oxygen atoms in total. The molecule has 4 heteroatoms. The van der Waals surface area contributed by atoms with E-state index in [4.69, 9.17) is 9.47 Å². The van der Waals surface area contributed by atoms with Crippen molar-refractivity contribution >= 4 is 5.97 Å². The summed E-state index contributed by atoms with van der Waals surface area (Å²) >= 11 is 0. The van der Waals surface area contributed by atoms with Crippen LogP contribution in [-0.4, -0.2) is 37.9 Å². The van der Waals surface area contributed by atoms with Crippen molar-refractivity contribution in [3.8, 4) is 0 Å². The van der Waals surface area contributed by atoms with Crippen molar-refractivity contribution in [1.82, 2.24) is 5.32 Å².